The van der Waals surface area contributed by atoms with Gasteiger partial charge in [0.05, 0.1) is 14.2 Å². The Labute approximate surface area is 114 Å². The van der Waals surface area contributed by atoms with Gasteiger partial charge in [-0.3, -0.25) is 4.79 Å². The molecular weight excluding hydrogens is 242 g/mol. The molecule has 1 aromatic rings. The van der Waals surface area contributed by atoms with Gasteiger partial charge in [-0.15, -0.1) is 0 Å². The molecule has 0 unspecified atom stereocenters. The van der Waals surface area contributed by atoms with Gasteiger partial charge in [0, 0.05) is 18.7 Å². The third-order valence-electron chi connectivity index (χ3n) is 3.96. The van der Waals surface area contributed by atoms with Crippen molar-refractivity contribution in [3.8, 4) is 5.88 Å². The predicted molar refractivity (Wildman–Crippen MR) is 72.1 cm³/mol. The number of pyridine rings is 1. The van der Waals surface area contributed by atoms with E-state index >= 15 is 0 Å². The van der Waals surface area contributed by atoms with Gasteiger partial charge in [0.15, 0.2) is 0 Å². The molecule has 1 aliphatic rings. The summed E-state index contributed by atoms with van der Waals surface area (Å²) in [5, 5.41) is 0. The second kappa shape index (κ2) is 6.55. The minimum absolute atomic E-state index is 0.113. The van der Waals surface area contributed by atoms with Crippen molar-refractivity contribution in [2.24, 2.45) is 5.92 Å². The van der Waals surface area contributed by atoms with Crippen LogP contribution in [-0.2, 0) is 9.53 Å². The number of ether oxygens (including phenoxy) is 2. The van der Waals surface area contributed by atoms with Crippen molar-refractivity contribution in [3.05, 3.63) is 23.9 Å². The second-order valence-electron chi connectivity index (χ2n) is 5.07. The van der Waals surface area contributed by atoms with Crippen LogP contribution in [0.4, 0.5) is 0 Å². The van der Waals surface area contributed by atoms with Crippen LogP contribution in [-0.4, -0.2) is 25.2 Å². The van der Waals surface area contributed by atoms with Crippen LogP contribution in [0.15, 0.2) is 18.3 Å². The molecule has 2 rings (SSSR count). The molecule has 0 aromatic carbocycles. The average molecular weight is 263 g/mol. The zero-order chi connectivity index (χ0) is 13.7. The highest BCUT2D eigenvalue weighted by Crippen LogP contribution is 2.39. The first-order chi connectivity index (χ1) is 9.24. The first-order valence-electron chi connectivity index (χ1n) is 6.81. The largest absolute Gasteiger partial charge is 0.481 e. The van der Waals surface area contributed by atoms with Gasteiger partial charge in [0.2, 0.25) is 5.88 Å². The number of carbonyl (C=O) groups is 1. The number of methoxy groups -OCH3 is 2. The van der Waals surface area contributed by atoms with E-state index < -0.39 is 0 Å². The summed E-state index contributed by atoms with van der Waals surface area (Å²) in [4.78, 5) is 15.8. The molecule has 0 amide bonds. The Kier molecular flexibility index (Phi) is 4.77. The second-order valence-corrected chi connectivity index (χ2v) is 5.07. The van der Waals surface area contributed by atoms with E-state index in [1.54, 1.807) is 7.11 Å². The molecule has 0 N–H and O–H groups in total. The fourth-order valence-corrected chi connectivity index (χ4v) is 2.92. The van der Waals surface area contributed by atoms with Gasteiger partial charge < -0.3 is 9.47 Å². The molecule has 0 bridgehead atoms. The van der Waals surface area contributed by atoms with Crippen molar-refractivity contribution in [1.29, 1.82) is 0 Å². The third kappa shape index (κ3) is 3.46. The average Bonchev–Trinajstić information content (AvgIpc) is 2.48. The monoisotopic (exact) mass is 263 g/mol. The van der Waals surface area contributed by atoms with Crippen molar-refractivity contribution in [3.63, 3.8) is 0 Å². The van der Waals surface area contributed by atoms with Gasteiger partial charge in [-0.05, 0) is 30.2 Å². The summed E-state index contributed by atoms with van der Waals surface area (Å²) in [6.45, 7) is 0. The molecular formula is C15H21NO3. The maximum absolute atomic E-state index is 11.5. The van der Waals surface area contributed by atoms with E-state index in [1.165, 1.54) is 25.5 Å². The maximum Gasteiger partial charge on any atom is 0.305 e. The number of rotatable bonds is 4. The number of hydrogen-bond acceptors (Lipinski definition) is 4. The third-order valence-corrected chi connectivity index (χ3v) is 3.96. The SMILES string of the molecule is COC(=O)C[C@H]1CCCC[C@H]1c1ccc(OC)nc1. The summed E-state index contributed by atoms with van der Waals surface area (Å²) in [5.41, 5.74) is 1.20. The lowest BCUT2D eigenvalue weighted by Gasteiger charge is -2.31. The number of nitrogens with zero attached hydrogens (tertiary/aromatic N) is 1. The normalized spacial score (nSPS) is 22.8. The van der Waals surface area contributed by atoms with E-state index in [9.17, 15) is 4.79 Å². The van der Waals surface area contributed by atoms with Crippen molar-refractivity contribution in [2.45, 2.75) is 38.0 Å². The number of carbonyl (C=O) groups excluding carboxylic acids is 1. The predicted octanol–water partition coefficient (Wildman–Crippen LogP) is 2.93. The Balaban J connectivity index is 2.11. The Morgan fingerprint density at radius 1 is 1.32 bits per heavy atom. The summed E-state index contributed by atoms with van der Waals surface area (Å²) in [6, 6.07) is 3.95. The Morgan fingerprint density at radius 3 is 2.74 bits per heavy atom. The lowest BCUT2D eigenvalue weighted by Crippen LogP contribution is -2.21. The Bertz CT molecular complexity index is 416. The van der Waals surface area contributed by atoms with Gasteiger partial charge in [0.25, 0.3) is 0 Å². The van der Waals surface area contributed by atoms with Gasteiger partial charge in [-0.1, -0.05) is 18.9 Å². The molecule has 2 atom stereocenters. The fraction of sp³-hybridized carbons (Fsp3) is 0.600. The van der Waals surface area contributed by atoms with Crippen molar-refractivity contribution >= 4 is 5.97 Å². The van der Waals surface area contributed by atoms with E-state index in [4.69, 9.17) is 9.47 Å². The van der Waals surface area contributed by atoms with Crippen LogP contribution < -0.4 is 4.74 Å². The highest BCUT2D eigenvalue weighted by Gasteiger charge is 2.28. The van der Waals surface area contributed by atoms with Gasteiger partial charge in [-0.25, -0.2) is 4.98 Å². The van der Waals surface area contributed by atoms with Crippen LogP contribution in [0.1, 0.15) is 43.6 Å². The van der Waals surface area contributed by atoms with E-state index in [0.717, 1.165) is 12.8 Å². The highest BCUT2D eigenvalue weighted by atomic mass is 16.5. The Hall–Kier alpha value is -1.58. The van der Waals surface area contributed by atoms with Gasteiger partial charge in [-0.2, -0.15) is 0 Å². The van der Waals surface area contributed by atoms with E-state index in [0.29, 0.717) is 24.1 Å². The van der Waals surface area contributed by atoms with Crippen molar-refractivity contribution < 1.29 is 14.3 Å². The van der Waals surface area contributed by atoms with Crippen LogP contribution in [0, 0.1) is 5.92 Å². The number of aromatic nitrogens is 1. The zero-order valence-corrected chi connectivity index (χ0v) is 11.6. The smallest absolute Gasteiger partial charge is 0.305 e. The fourth-order valence-electron chi connectivity index (χ4n) is 2.92. The Morgan fingerprint density at radius 2 is 2.11 bits per heavy atom. The molecule has 0 spiro atoms. The van der Waals surface area contributed by atoms with Crippen LogP contribution in [0.25, 0.3) is 0 Å². The van der Waals surface area contributed by atoms with Crippen molar-refractivity contribution in [1.82, 2.24) is 4.98 Å². The molecule has 4 nitrogen and oxygen atoms in total. The van der Waals surface area contributed by atoms with Crippen LogP contribution >= 0.6 is 0 Å². The summed E-state index contributed by atoms with van der Waals surface area (Å²) in [7, 11) is 3.07. The standard InChI is InChI=1S/C15H21NO3/c1-18-14-8-7-12(10-16-14)13-6-4-3-5-11(13)9-15(17)19-2/h7-8,10-11,13H,3-6,9H2,1-2H3/t11-,13-/m1/s1. The van der Waals surface area contributed by atoms with E-state index in [2.05, 4.69) is 11.1 Å². The van der Waals surface area contributed by atoms with E-state index in [1.807, 2.05) is 12.3 Å². The number of hydrogen-bond donors (Lipinski definition) is 0. The molecule has 4 heteroatoms. The van der Waals surface area contributed by atoms with Crippen molar-refractivity contribution in [2.75, 3.05) is 14.2 Å². The highest BCUT2D eigenvalue weighted by molar-refractivity contribution is 5.69. The minimum atomic E-state index is -0.113. The molecule has 1 fully saturated rings. The van der Waals surface area contributed by atoms with Crippen LogP contribution in [0.3, 0.4) is 0 Å². The topological polar surface area (TPSA) is 48.4 Å². The van der Waals surface area contributed by atoms with Gasteiger partial charge in [0.1, 0.15) is 0 Å². The molecule has 0 aliphatic heterocycles. The lowest BCUT2D eigenvalue weighted by molar-refractivity contribution is -0.142. The number of esters is 1. The summed E-state index contributed by atoms with van der Waals surface area (Å²) < 4.78 is 9.88. The molecule has 0 saturated heterocycles. The quantitative estimate of drug-likeness (QED) is 0.784. The molecule has 1 heterocycles. The zero-order valence-electron chi connectivity index (χ0n) is 11.6. The summed E-state index contributed by atoms with van der Waals surface area (Å²) in [6.07, 6.45) is 7.00. The summed E-state index contributed by atoms with van der Waals surface area (Å²) >= 11 is 0. The minimum Gasteiger partial charge on any atom is -0.481 e. The molecule has 0 radical (unpaired) electrons. The molecule has 104 valence electrons. The molecule has 1 aliphatic carbocycles. The lowest BCUT2D eigenvalue weighted by atomic mass is 9.74. The van der Waals surface area contributed by atoms with Crippen LogP contribution in [0.5, 0.6) is 5.88 Å². The molecule has 1 aromatic heterocycles. The maximum atomic E-state index is 11.5. The van der Waals surface area contributed by atoms with Crippen LogP contribution in [0.2, 0.25) is 0 Å². The molecule has 19 heavy (non-hydrogen) atoms. The summed E-state index contributed by atoms with van der Waals surface area (Å²) in [5.74, 6) is 1.30. The molecule has 1 saturated carbocycles. The van der Waals surface area contributed by atoms with E-state index in [-0.39, 0.29) is 5.97 Å². The van der Waals surface area contributed by atoms with Gasteiger partial charge >= 0.3 is 5.97 Å². The first kappa shape index (κ1) is 13.8. The first-order valence-corrected chi connectivity index (χ1v) is 6.81.